The number of Topliss-reactive ketones (excluding diaryl/α,β-unsaturated/α-hetero) is 1. The lowest BCUT2D eigenvalue weighted by atomic mass is 10.1. The first kappa shape index (κ1) is 18.3. The second-order valence-corrected chi connectivity index (χ2v) is 6.55. The number of amides is 2. The molecule has 1 N–H and O–H groups in total. The molecule has 1 aromatic carbocycles. The van der Waals surface area contributed by atoms with Crippen LogP contribution in [0.3, 0.4) is 0 Å². The van der Waals surface area contributed by atoms with Gasteiger partial charge in [-0.3, -0.25) is 24.7 Å². The van der Waals surface area contributed by atoms with E-state index in [1.165, 1.54) is 4.90 Å². The number of nitrogens with zero attached hydrogens (tertiary/aromatic N) is 3. The van der Waals surface area contributed by atoms with Crippen molar-refractivity contribution in [2.75, 3.05) is 51.3 Å². The highest BCUT2D eigenvalue weighted by molar-refractivity contribution is 6.04. The van der Waals surface area contributed by atoms with Crippen LogP contribution in [0.5, 0.6) is 5.75 Å². The van der Waals surface area contributed by atoms with Crippen molar-refractivity contribution in [2.45, 2.75) is 13.3 Å². The molecule has 8 heteroatoms. The van der Waals surface area contributed by atoms with Gasteiger partial charge >= 0.3 is 0 Å². The Labute approximate surface area is 152 Å². The van der Waals surface area contributed by atoms with Crippen molar-refractivity contribution in [3.05, 3.63) is 23.8 Å². The van der Waals surface area contributed by atoms with Crippen molar-refractivity contribution >= 4 is 23.3 Å². The Bertz CT molecular complexity index is 713. The Morgan fingerprint density at radius 1 is 1.19 bits per heavy atom. The molecule has 140 valence electrons. The molecule has 0 unspecified atom stereocenters. The number of rotatable bonds is 5. The largest absolute Gasteiger partial charge is 0.482 e. The molecule has 2 amide bonds. The van der Waals surface area contributed by atoms with E-state index in [-0.39, 0.29) is 30.7 Å². The Hall–Kier alpha value is -2.45. The Balaban J connectivity index is 1.72. The van der Waals surface area contributed by atoms with Gasteiger partial charge in [-0.15, -0.1) is 0 Å². The summed E-state index contributed by atoms with van der Waals surface area (Å²) in [6.07, 6.45) is 0.373. The third-order valence-corrected chi connectivity index (χ3v) is 4.63. The van der Waals surface area contributed by atoms with E-state index in [4.69, 9.17) is 4.74 Å². The highest BCUT2D eigenvalue weighted by Crippen LogP contribution is 2.33. The maximum absolute atomic E-state index is 12.4. The summed E-state index contributed by atoms with van der Waals surface area (Å²) in [5.74, 6) is -0.0765. The van der Waals surface area contributed by atoms with Gasteiger partial charge in [-0.1, -0.05) is 6.92 Å². The molecule has 0 spiro atoms. The minimum absolute atomic E-state index is 0.0207. The number of carbonyl (C=O) groups is 3. The summed E-state index contributed by atoms with van der Waals surface area (Å²) in [6.45, 7) is 4.80. The van der Waals surface area contributed by atoms with E-state index < -0.39 is 0 Å². The van der Waals surface area contributed by atoms with Crippen LogP contribution in [0.1, 0.15) is 23.7 Å². The van der Waals surface area contributed by atoms with Crippen molar-refractivity contribution in [2.24, 2.45) is 0 Å². The molecule has 0 radical (unpaired) electrons. The number of nitrogens with one attached hydrogen (secondary N) is 1. The first-order valence-corrected chi connectivity index (χ1v) is 8.81. The minimum atomic E-state index is -0.299. The molecule has 0 saturated carbocycles. The highest BCUT2D eigenvalue weighted by atomic mass is 16.5. The molecule has 26 heavy (non-hydrogen) atoms. The van der Waals surface area contributed by atoms with Gasteiger partial charge in [-0.05, 0) is 25.2 Å². The van der Waals surface area contributed by atoms with Crippen LogP contribution in [-0.4, -0.2) is 73.9 Å². The fourth-order valence-electron chi connectivity index (χ4n) is 3.03. The number of hydrogen-bond acceptors (Lipinski definition) is 6. The topological polar surface area (TPSA) is 82.2 Å². The summed E-state index contributed by atoms with van der Waals surface area (Å²) in [6, 6.07) is 4.99. The van der Waals surface area contributed by atoms with Gasteiger partial charge in [-0.2, -0.15) is 0 Å². The van der Waals surface area contributed by atoms with Crippen molar-refractivity contribution in [1.29, 1.82) is 0 Å². The van der Waals surface area contributed by atoms with Gasteiger partial charge in [0.25, 0.3) is 11.8 Å². The monoisotopic (exact) mass is 360 g/mol. The van der Waals surface area contributed by atoms with Gasteiger partial charge in [-0.25, -0.2) is 5.01 Å². The number of hydrazine groups is 1. The van der Waals surface area contributed by atoms with Gasteiger partial charge in [0, 0.05) is 38.2 Å². The summed E-state index contributed by atoms with van der Waals surface area (Å²) in [5, 5.41) is 1.87. The number of hydrogen-bond donors (Lipinski definition) is 1. The number of fused-ring (bicyclic) bond motifs is 1. The van der Waals surface area contributed by atoms with Crippen molar-refractivity contribution in [1.82, 2.24) is 15.3 Å². The average molecular weight is 360 g/mol. The number of ether oxygens (including phenoxy) is 1. The normalized spacial score (nSPS) is 18.2. The fourth-order valence-corrected chi connectivity index (χ4v) is 3.03. The van der Waals surface area contributed by atoms with Crippen LogP contribution in [-0.2, 0) is 9.59 Å². The zero-order valence-electron chi connectivity index (χ0n) is 15.2. The number of piperazine rings is 1. The van der Waals surface area contributed by atoms with Gasteiger partial charge < -0.3 is 9.64 Å². The predicted molar refractivity (Wildman–Crippen MR) is 96.1 cm³/mol. The van der Waals surface area contributed by atoms with Gasteiger partial charge in [0.15, 0.2) is 12.4 Å². The van der Waals surface area contributed by atoms with E-state index in [1.54, 1.807) is 25.1 Å². The van der Waals surface area contributed by atoms with Crippen LogP contribution in [0.15, 0.2) is 18.2 Å². The van der Waals surface area contributed by atoms with Gasteiger partial charge in [0.2, 0.25) is 0 Å². The third-order valence-electron chi connectivity index (χ3n) is 4.63. The van der Waals surface area contributed by atoms with Crippen molar-refractivity contribution < 1.29 is 19.1 Å². The molecule has 3 rings (SSSR count). The van der Waals surface area contributed by atoms with Crippen molar-refractivity contribution in [3.8, 4) is 5.75 Å². The molecular formula is C18H24N4O4. The Morgan fingerprint density at radius 3 is 2.62 bits per heavy atom. The molecule has 2 aliphatic rings. The third kappa shape index (κ3) is 4.03. The SMILES string of the molecule is CCC(=O)c1ccc2c(c1)N(CC(=O)NN1CCN(C)CC1)C(=O)CO2. The lowest BCUT2D eigenvalue weighted by molar-refractivity contribution is -0.128. The van der Waals surface area contributed by atoms with E-state index in [1.807, 2.05) is 12.1 Å². The Kier molecular flexibility index (Phi) is 5.53. The van der Waals surface area contributed by atoms with E-state index in [0.717, 1.165) is 26.2 Å². The fraction of sp³-hybridized carbons (Fsp3) is 0.500. The highest BCUT2D eigenvalue weighted by Gasteiger charge is 2.29. The van der Waals surface area contributed by atoms with E-state index in [2.05, 4.69) is 10.3 Å². The van der Waals surface area contributed by atoms with E-state index >= 15 is 0 Å². The summed E-state index contributed by atoms with van der Waals surface area (Å²) in [4.78, 5) is 40.3. The molecular weight excluding hydrogens is 336 g/mol. The number of likely N-dealkylation sites (N-methyl/N-ethyl adjacent to an activating group) is 1. The molecule has 0 aromatic heterocycles. The molecule has 1 saturated heterocycles. The number of ketones is 1. The van der Waals surface area contributed by atoms with Crippen molar-refractivity contribution in [3.63, 3.8) is 0 Å². The first-order valence-electron chi connectivity index (χ1n) is 8.81. The number of carbonyl (C=O) groups excluding carboxylic acids is 3. The summed E-state index contributed by atoms with van der Waals surface area (Å²) >= 11 is 0. The van der Waals surface area contributed by atoms with Crippen LogP contribution in [0, 0.1) is 0 Å². The predicted octanol–water partition coefficient (Wildman–Crippen LogP) is 0.283. The molecule has 0 atom stereocenters. The second kappa shape index (κ2) is 7.84. The zero-order valence-corrected chi connectivity index (χ0v) is 15.2. The summed E-state index contributed by atoms with van der Waals surface area (Å²) in [7, 11) is 2.04. The molecule has 2 heterocycles. The molecule has 0 bridgehead atoms. The molecule has 0 aliphatic carbocycles. The molecule has 1 fully saturated rings. The van der Waals surface area contributed by atoms with Gasteiger partial charge in [0.05, 0.1) is 5.69 Å². The van der Waals surface area contributed by atoms with E-state index in [0.29, 0.717) is 23.4 Å². The molecule has 1 aromatic rings. The smallest absolute Gasteiger partial charge is 0.265 e. The Morgan fingerprint density at radius 2 is 1.92 bits per heavy atom. The van der Waals surface area contributed by atoms with Crippen LogP contribution in [0.2, 0.25) is 0 Å². The first-order chi connectivity index (χ1) is 12.5. The maximum atomic E-state index is 12.4. The number of anilines is 1. The van der Waals surface area contributed by atoms with Crippen LogP contribution in [0.4, 0.5) is 5.69 Å². The second-order valence-electron chi connectivity index (χ2n) is 6.55. The summed E-state index contributed by atoms with van der Waals surface area (Å²) < 4.78 is 5.43. The van der Waals surface area contributed by atoms with E-state index in [9.17, 15) is 14.4 Å². The molecule has 2 aliphatic heterocycles. The lowest BCUT2D eigenvalue weighted by Crippen LogP contribution is -2.55. The molecule has 8 nitrogen and oxygen atoms in total. The van der Waals surface area contributed by atoms with Crippen LogP contribution in [0.25, 0.3) is 0 Å². The summed E-state index contributed by atoms with van der Waals surface area (Å²) in [5.41, 5.74) is 3.83. The van der Waals surface area contributed by atoms with Crippen LogP contribution < -0.4 is 15.1 Å². The van der Waals surface area contributed by atoms with Crippen LogP contribution >= 0.6 is 0 Å². The lowest BCUT2D eigenvalue weighted by Gasteiger charge is -2.34. The standard InChI is InChI=1S/C18H24N4O4/c1-3-15(23)13-4-5-16-14(10-13)22(18(25)12-26-16)11-17(24)19-21-8-6-20(2)7-9-21/h4-5,10H,3,6-9,11-12H2,1-2H3,(H,19,24). The minimum Gasteiger partial charge on any atom is -0.482 e. The maximum Gasteiger partial charge on any atom is 0.265 e. The average Bonchev–Trinajstić information content (AvgIpc) is 2.65. The zero-order chi connectivity index (χ0) is 18.7. The number of benzene rings is 1. The van der Waals surface area contributed by atoms with Gasteiger partial charge in [0.1, 0.15) is 12.3 Å². The quantitative estimate of drug-likeness (QED) is 0.760.